The molecular formula is C49H94O6. The lowest BCUT2D eigenvalue weighted by atomic mass is 10.0. The van der Waals surface area contributed by atoms with Crippen LogP contribution in [0.4, 0.5) is 0 Å². The monoisotopic (exact) mass is 779 g/mol. The largest absolute Gasteiger partial charge is 0.462 e. The van der Waals surface area contributed by atoms with Crippen LogP contribution in [0.5, 0.6) is 0 Å². The molecule has 0 aromatic carbocycles. The predicted molar refractivity (Wildman–Crippen MR) is 233 cm³/mol. The zero-order valence-corrected chi connectivity index (χ0v) is 37.2. The average Bonchev–Trinajstić information content (AvgIpc) is 3.18. The number of hydrogen-bond acceptors (Lipinski definition) is 6. The summed E-state index contributed by atoms with van der Waals surface area (Å²) in [6.07, 6.45) is 46.7. The molecule has 0 saturated carbocycles. The lowest BCUT2D eigenvalue weighted by Crippen LogP contribution is -2.30. The topological polar surface area (TPSA) is 78.9 Å². The van der Waals surface area contributed by atoms with E-state index in [9.17, 15) is 14.4 Å². The first-order valence-electron chi connectivity index (χ1n) is 24.5. The summed E-state index contributed by atoms with van der Waals surface area (Å²) in [5, 5.41) is 0. The van der Waals surface area contributed by atoms with Gasteiger partial charge in [-0.15, -0.1) is 0 Å². The van der Waals surface area contributed by atoms with Gasteiger partial charge in [0.25, 0.3) is 0 Å². The Morgan fingerprint density at radius 1 is 0.291 bits per heavy atom. The number of carbonyl (C=O) groups excluding carboxylic acids is 3. The quantitative estimate of drug-likeness (QED) is 0.0348. The smallest absolute Gasteiger partial charge is 0.306 e. The van der Waals surface area contributed by atoms with Crippen molar-refractivity contribution in [2.45, 2.75) is 284 Å². The first kappa shape index (κ1) is 53.4. The third kappa shape index (κ3) is 43.4. The van der Waals surface area contributed by atoms with Crippen LogP contribution in [0.15, 0.2) is 0 Å². The second-order valence-corrected chi connectivity index (χ2v) is 16.7. The van der Waals surface area contributed by atoms with Crippen LogP contribution in [0.2, 0.25) is 0 Å². The molecule has 0 heterocycles. The highest BCUT2D eigenvalue weighted by atomic mass is 16.6. The van der Waals surface area contributed by atoms with Crippen molar-refractivity contribution in [3.8, 4) is 0 Å². The highest BCUT2D eigenvalue weighted by molar-refractivity contribution is 5.71. The van der Waals surface area contributed by atoms with Crippen molar-refractivity contribution < 1.29 is 28.6 Å². The fraction of sp³-hybridized carbons (Fsp3) is 0.939. The highest BCUT2D eigenvalue weighted by Crippen LogP contribution is 2.16. The molecule has 0 N–H and O–H groups in total. The third-order valence-corrected chi connectivity index (χ3v) is 11.1. The summed E-state index contributed by atoms with van der Waals surface area (Å²) in [4.78, 5) is 37.7. The summed E-state index contributed by atoms with van der Waals surface area (Å²) in [5.74, 6) is -0.853. The summed E-state index contributed by atoms with van der Waals surface area (Å²) < 4.78 is 16.7. The van der Waals surface area contributed by atoms with Crippen molar-refractivity contribution in [2.24, 2.45) is 0 Å². The second kappa shape index (κ2) is 45.1. The highest BCUT2D eigenvalue weighted by Gasteiger charge is 2.19. The third-order valence-electron chi connectivity index (χ3n) is 11.1. The lowest BCUT2D eigenvalue weighted by molar-refractivity contribution is -0.167. The standard InChI is InChI=1S/C49H94O6/c1-4-7-10-13-16-18-20-22-23-24-25-26-27-29-30-33-36-39-42-48(51)54-45-46(44-53-47(50)41-38-35-32-15-12-9-6-3)55-49(52)43-40-37-34-31-28-21-19-17-14-11-8-5-2/h46H,4-45H2,1-3H3. The Balaban J connectivity index is 4.18. The minimum Gasteiger partial charge on any atom is -0.462 e. The van der Waals surface area contributed by atoms with Gasteiger partial charge in [0.05, 0.1) is 0 Å². The molecule has 1 unspecified atom stereocenters. The van der Waals surface area contributed by atoms with E-state index >= 15 is 0 Å². The molecule has 0 bridgehead atoms. The Morgan fingerprint density at radius 2 is 0.491 bits per heavy atom. The number of unbranched alkanes of at least 4 members (excludes halogenated alkanes) is 34. The van der Waals surface area contributed by atoms with Gasteiger partial charge in [0.15, 0.2) is 6.10 Å². The van der Waals surface area contributed by atoms with Gasteiger partial charge in [-0.2, -0.15) is 0 Å². The summed E-state index contributed by atoms with van der Waals surface area (Å²) in [7, 11) is 0. The predicted octanol–water partition coefficient (Wildman–Crippen LogP) is 15.6. The van der Waals surface area contributed by atoms with Crippen LogP contribution in [0.3, 0.4) is 0 Å². The van der Waals surface area contributed by atoms with Gasteiger partial charge in [-0.05, 0) is 19.3 Å². The Bertz CT molecular complexity index is 813. The molecular weight excluding hydrogens is 685 g/mol. The molecule has 55 heavy (non-hydrogen) atoms. The van der Waals surface area contributed by atoms with Gasteiger partial charge < -0.3 is 14.2 Å². The van der Waals surface area contributed by atoms with Crippen LogP contribution in [0, 0.1) is 0 Å². The molecule has 0 aliphatic rings. The van der Waals surface area contributed by atoms with Crippen LogP contribution in [-0.2, 0) is 28.6 Å². The van der Waals surface area contributed by atoms with Gasteiger partial charge in [-0.25, -0.2) is 0 Å². The van der Waals surface area contributed by atoms with E-state index in [4.69, 9.17) is 14.2 Å². The maximum absolute atomic E-state index is 12.7. The minimum atomic E-state index is -0.757. The zero-order chi connectivity index (χ0) is 40.1. The maximum Gasteiger partial charge on any atom is 0.306 e. The van der Waals surface area contributed by atoms with Crippen LogP contribution in [0.1, 0.15) is 278 Å². The van der Waals surface area contributed by atoms with Crippen molar-refractivity contribution >= 4 is 17.9 Å². The van der Waals surface area contributed by atoms with E-state index in [0.717, 1.165) is 57.8 Å². The summed E-state index contributed by atoms with van der Waals surface area (Å²) in [5.41, 5.74) is 0. The molecule has 0 aliphatic heterocycles. The summed E-state index contributed by atoms with van der Waals surface area (Å²) in [6.45, 7) is 6.63. The molecule has 0 aromatic heterocycles. The molecule has 0 saturated heterocycles. The number of esters is 3. The van der Waals surface area contributed by atoms with Gasteiger partial charge in [-0.3, -0.25) is 14.4 Å². The van der Waals surface area contributed by atoms with Gasteiger partial charge >= 0.3 is 17.9 Å². The Morgan fingerprint density at radius 3 is 0.727 bits per heavy atom. The van der Waals surface area contributed by atoms with E-state index in [1.54, 1.807) is 0 Å². The van der Waals surface area contributed by atoms with Crippen LogP contribution in [0.25, 0.3) is 0 Å². The van der Waals surface area contributed by atoms with Crippen molar-refractivity contribution in [3.05, 3.63) is 0 Å². The van der Waals surface area contributed by atoms with Crippen molar-refractivity contribution in [3.63, 3.8) is 0 Å². The van der Waals surface area contributed by atoms with Crippen molar-refractivity contribution in [1.82, 2.24) is 0 Å². The normalized spacial score (nSPS) is 11.8. The van der Waals surface area contributed by atoms with E-state index < -0.39 is 6.10 Å². The van der Waals surface area contributed by atoms with Crippen molar-refractivity contribution in [2.75, 3.05) is 13.2 Å². The van der Waals surface area contributed by atoms with Gasteiger partial charge in [0, 0.05) is 19.3 Å². The van der Waals surface area contributed by atoms with Gasteiger partial charge in [0.1, 0.15) is 13.2 Å². The molecule has 0 radical (unpaired) electrons. The Labute approximate surface area is 342 Å². The molecule has 6 nitrogen and oxygen atoms in total. The lowest BCUT2D eigenvalue weighted by Gasteiger charge is -2.18. The van der Waals surface area contributed by atoms with Crippen LogP contribution in [-0.4, -0.2) is 37.2 Å². The van der Waals surface area contributed by atoms with Gasteiger partial charge in [0.2, 0.25) is 0 Å². The molecule has 6 heteroatoms. The van der Waals surface area contributed by atoms with E-state index in [2.05, 4.69) is 20.8 Å². The SMILES string of the molecule is CCCCCCCCCCCCCCCCCCCCC(=O)OCC(COC(=O)CCCCCCCCC)OC(=O)CCCCCCCCCCCCCC. The molecule has 0 aliphatic carbocycles. The summed E-state index contributed by atoms with van der Waals surface area (Å²) in [6, 6.07) is 0. The molecule has 1 atom stereocenters. The fourth-order valence-electron chi connectivity index (χ4n) is 7.38. The van der Waals surface area contributed by atoms with Gasteiger partial charge in [-0.1, -0.05) is 239 Å². The summed E-state index contributed by atoms with van der Waals surface area (Å²) >= 11 is 0. The average molecular weight is 779 g/mol. The minimum absolute atomic E-state index is 0.0627. The first-order valence-corrected chi connectivity index (χ1v) is 24.5. The fourth-order valence-corrected chi connectivity index (χ4v) is 7.38. The molecule has 0 rings (SSSR count). The number of carbonyl (C=O) groups is 3. The molecule has 0 amide bonds. The van der Waals surface area contributed by atoms with Crippen LogP contribution < -0.4 is 0 Å². The number of ether oxygens (including phenoxy) is 3. The molecule has 0 fully saturated rings. The van der Waals surface area contributed by atoms with Crippen molar-refractivity contribution in [1.29, 1.82) is 0 Å². The Kier molecular flexibility index (Phi) is 43.8. The van der Waals surface area contributed by atoms with E-state index in [1.165, 1.54) is 180 Å². The number of hydrogen-bond donors (Lipinski definition) is 0. The first-order chi connectivity index (χ1) is 27.0. The van der Waals surface area contributed by atoms with Crippen LogP contribution >= 0.6 is 0 Å². The maximum atomic E-state index is 12.7. The Hall–Kier alpha value is -1.59. The molecule has 326 valence electrons. The molecule has 0 spiro atoms. The van der Waals surface area contributed by atoms with E-state index in [0.29, 0.717) is 19.3 Å². The van der Waals surface area contributed by atoms with E-state index in [-0.39, 0.29) is 31.1 Å². The van der Waals surface area contributed by atoms with E-state index in [1.807, 2.05) is 0 Å². The zero-order valence-electron chi connectivity index (χ0n) is 37.2. The number of rotatable bonds is 45. The molecule has 0 aromatic rings. The second-order valence-electron chi connectivity index (χ2n) is 16.7.